The van der Waals surface area contributed by atoms with Crippen molar-refractivity contribution in [2.75, 3.05) is 18.0 Å². The topological polar surface area (TPSA) is 56.7 Å². The van der Waals surface area contributed by atoms with Crippen LogP contribution in [0.2, 0.25) is 0 Å². The van der Waals surface area contributed by atoms with E-state index >= 15 is 0 Å². The van der Waals surface area contributed by atoms with Gasteiger partial charge in [-0.1, -0.05) is 24.3 Å². The number of nitrogens with zero attached hydrogens (tertiary/aromatic N) is 2. The lowest BCUT2D eigenvalue weighted by atomic mass is 10.1. The van der Waals surface area contributed by atoms with Crippen molar-refractivity contribution in [2.45, 2.75) is 39.8 Å². The lowest BCUT2D eigenvalue weighted by Crippen LogP contribution is -2.36. The van der Waals surface area contributed by atoms with Gasteiger partial charge in [-0.25, -0.2) is 9.38 Å². The Labute approximate surface area is 188 Å². The summed E-state index contributed by atoms with van der Waals surface area (Å²) in [5.41, 5.74) is 3.52. The molecule has 1 fully saturated rings. The molecule has 1 heterocycles. The Balaban J connectivity index is 0.00000300. The summed E-state index contributed by atoms with van der Waals surface area (Å²) in [6.07, 6.45) is 1.56. The maximum atomic E-state index is 13.7. The second-order valence-corrected chi connectivity index (χ2v) is 6.95. The number of guanidine groups is 1. The lowest BCUT2D eigenvalue weighted by Gasteiger charge is -2.16. The van der Waals surface area contributed by atoms with Gasteiger partial charge < -0.3 is 15.5 Å². The zero-order chi connectivity index (χ0) is 19.9. The highest BCUT2D eigenvalue weighted by Gasteiger charge is 2.21. The number of carbonyl (C=O) groups is 1. The molecular formula is C22H28FIN4O. The largest absolute Gasteiger partial charge is 0.357 e. The van der Waals surface area contributed by atoms with E-state index < -0.39 is 0 Å². The van der Waals surface area contributed by atoms with Crippen molar-refractivity contribution in [2.24, 2.45) is 4.99 Å². The number of hydrogen-bond acceptors (Lipinski definition) is 2. The van der Waals surface area contributed by atoms with Crippen molar-refractivity contribution in [1.82, 2.24) is 10.6 Å². The van der Waals surface area contributed by atoms with Crippen LogP contribution in [0.25, 0.3) is 0 Å². The Kier molecular flexibility index (Phi) is 8.88. The summed E-state index contributed by atoms with van der Waals surface area (Å²) < 4.78 is 13.7. The molecule has 7 heteroatoms. The molecule has 1 saturated heterocycles. The van der Waals surface area contributed by atoms with E-state index in [2.05, 4.69) is 15.6 Å². The molecule has 0 spiro atoms. The number of carbonyl (C=O) groups excluding carboxylic acids is 1. The number of aryl methyl sites for hydroxylation is 1. The summed E-state index contributed by atoms with van der Waals surface area (Å²) in [5.74, 6) is 0.671. The highest BCUT2D eigenvalue weighted by molar-refractivity contribution is 14.0. The van der Waals surface area contributed by atoms with E-state index in [1.165, 1.54) is 6.07 Å². The number of amides is 1. The molecule has 0 unspecified atom stereocenters. The smallest absolute Gasteiger partial charge is 0.227 e. The van der Waals surface area contributed by atoms with E-state index in [0.29, 0.717) is 31.0 Å². The molecular weight excluding hydrogens is 482 g/mol. The molecule has 2 aromatic carbocycles. The van der Waals surface area contributed by atoms with Crippen molar-refractivity contribution in [3.63, 3.8) is 0 Å². The molecule has 1 aliphatic rings. The minimum Gasteiger partial charge on any atom is -0.357 e. The summed E-state index contributed by atoms with van der Waals surface area (Å²) in [5, 5.41) is 6.50. The SMILES string of the molecule is CCNC(=NCc1ccc(C)c(F)c1)NCc1ccc(N2CCCC2=O)cc1.I. The first-order valence-corrected chi connectivity index (χ1v) is 9.73. The lowest BCUT2D eigenvalue weighted by molar-refractivity contribution is -0.117. The number of benzene rings is 2. The number of hydrogen-bond donors (Lipinski definition) is 2. The zero-order valence-corrected chi connectivity index (χ0v) is 19.2. The van der Waals surface area contributed by atoms with Crippen LogP contribution in [0.3, 0.4) is 0 Å². The number of aliphatic imine (C=N–C) groups is 1. The molecule has 0 aliphatic carbocycles. The fourth-order valence-electron chi connectivity index (χ4n) is 3.15. The molecule has 29 heavy (non-hydrogen) atoms. The molecule has 5 nitrogen and oxygen atoms in total. The summed E-state index contributed by atoms with van der Waals surface area (Å²) in [6, 6.07) is 13.2. The van der Waals surface area contributed by atoms with Gasteiger partial charge in [-0.05, 0) is 55.2 Å². The molecule has 2 N–H and O–H groups in total. The van der Waals surface area contributed by atoms with Crippen molar-refractivity contribution >= 4 is 41.5 Å². The van der Waals surface area contributed by atoms with E-state index in [-0.39, 0.29) is 35.7 Å². The first kappa shape index (κ1) is 23.1. The molecule has 1 aliphatic heterocycles. The molecule has 156 valence electrons. The van der Waals surface area contributed by atoms with Gasteiger partial charge in [-0.3, -0.25) is 4.79 Å². The number of anilines is 1. The average molecular weight is 510 g/mol. The van der Waals surface area contributed by atoms with Gasteiger partial charge in [0.1, 0.15) is 5.82 Å². The van der Waals surface area contributed by atoms with Gasteiger partial charge in [-0.2, -0.15) is 0 Å². The van der Waals surface area contributed by atoms with Crippen LogP contribution in [0.1, 0.15) is 36.5 Å². The molecule has 1 amide bonds. The van der Waals surface area contributed by atoms with Gasteiger partial charge in [0.15, 0.2) is 5.96 Å². The van der Waals surface area contributed by atoms with E-state index in [0.717, 1.165) is 36.3 Å². The maximum absolute atomic E-state index is 13.7. The van der Waals surface area contributed by atoms with Gasteiger partial charge in [-0.15, -0.1) is 24.0 Å². The summed E-state index contributed by atoms with van der Waals surface area (Å²) in [6.45, 7) is 6.31. The number of rotatable bonds is 6. The number of halogens is 2. The third-order valence-electron chi connectivity index (χ3n) is 4.78. The minimum absolute atomic E-state index is 0. The van der Waals surface area contributed by atoms with Gasteiger partial charge in [0.25, 0.3) is 0 Å². The van der Waals surface area contributed by atoms with Crippen molar-refractivity contribution < 1.29 is 9.18 Å². The molecule has 2 aromatic rings. The van der Waals surface area contributed by atoms with Crippen molar-refractivity contribution in [3.05, 3.63) is 65.0 Å². The molecule has 0 saturated carbocycles. The molecule has 0 bridgehead atoms. The van der Waals surface area contributed by atoms with Crippen LogP contribution in [0.4, 0.5) is 10.1 Å². The van der Waals surface area contributed by atoms with Gasteiger partial charge in [0.05, 0.1) is 6.54 Å². The first-order chi connectivity index (χ1) is 13.6. The highest BCUT2D eigenvalue weighted by atomic mass is 127. The third-order valence-corrected chi connectivity index (χ3v) is 4.78. The Morgan fingerprint density at radius 1 is 1.14 bits per heavy atom. The molecule has 0 radical (unpaired) electrons. The van der Waals surface area contributed by atoms with Crippen molar-refractivity contribution in [1.29, 1.82) is 0 Å². The van der Waals surface area contributed by atoms with Crippen LogP contribution < -0.4 is 15.5 Å². The average Bonchev–Trinajstić information content (AvgIpc) is 3.13. The standard InChI is InChI=1S/C22H27FN4O.HI/c1-3-24-22(26-15-18-7-6-16(2)20(23)13-18)25-14-17-8-10-19(11-9-17)27-12-4-5-21(27)28;/h6-11,13H,3-5,12,14-15H2,1-2H3,(H2,24,25,26);1H. The van der Waals surface area contributed by atoms with Crippen LogP contribution >= 0.6 is 24.0 Å². The van der Waals surface area contributed by atoms with E-state index in [9.17, 15) is 9.18 Å². The van der Waals surface area contributed by atoms with Crippen molar-refractivity contribution in [3.8, 4) is 0 Å². The summed E-state index contributed by atoms with van der Waals surface area (Å²) in [7, 11) is 0. The monoisotopic (exact) mass is 510 g/mol. The van der Waals surface area contributed by atoms with E-state index in [1.54, 1.807) is 13.0 Å². The van der Waals surface area contributed by atoms with Crippen LogP contribution in [-0.4, -0.2) is 25.0 Å². The number of nitrogens with one attached hydrogen (secondary N) is 2. The second kappa shape index (κ2) is 11.1. The van der Waals surface area contributed by atoms with Crippen LogP contribution in [0, 0.1) is 12.7 Å². The quantitative estimate of drug-likeness (QED) is 0.349. The second-order valence-electron chi connectivity index (χ2n) is 6.95. The first-order valence-electron chi connectivity index (χ1n) is 9.73. The minimum atomic E-state index is -0.206. The van der Waals surface area contributed by atoms with Crippen LogP contribution in [0.5, 0.6) is 0 Å². The zero-order valence-electron chi connectivity index (χ0n) is 16.9. The fourth-order valence-corrected chi connectivity index (χ4v) is 3.15. The predicted octanol–water partition coefficient (Wildman–Crippen LogP) is 4.13. The molecule has 3 rings (SSSR count). The predicted molar refractivity (Wildman–Crippen MR) is 126 cm³/mol. The molecule has 0 atom stereocenters. The fraction of sp³-hybridized carbons (Fsp3) is 0.364. The van der Waals surface area contributed by atoms with Gasteiger partial charge in [0.2, 0.25) is 5.91 Å². The van der Waals surface area contributed by atoms with E-state index in [4.69, 9.17) is 0 Å². The highest BCUT2D eigenvalue weighted by Crippen LogP contribution is 2.21. The van der Waals surface area contributed by atoms with Gasteiger partial charge in [0, 0.05) is 31.7 Å². The normalized spacial score (nSPS) is 14.0. The Hall–Kier alpha value is -2.16. The summed E-state index contributed by atoms with van der Waals surface area (Å²) in [4.78, 5) is 18.2. The molecule has 0 aromatic heterocycles. The Morgan fingerprint density at radius 3 is 2.48 bits per heavy atom. The Bertz CT molecular complexity index is 854. The van der Waals surface area contributed by atoms with Gasteiger partial charge >= 0.3 is 0 Å². The maximum Gasteiger partial charge on any atom is 0.227 e. The van der Waals surface area contributed by atoms with Crippen LogP contribution in [-0.2, 0) is 17.9 Å². The third kappa shape index (κ3) is 6.42. The summed E-state index contributed by atoms with van der Waals surface area (Å²) >= 11 is 0. The van der Waals surface area contributed by atoms with Crippen LogP contribution in [0.15, 0.2) is 47.5 Å². The Morgan fingerprint density at radius 2 is 1.86 bits per heavy atom. The van der Waals surface area contributed by atoms with E-state index in [1.807, 2.05) is 42.2 Å².